The molecule has 2 heterocycles. The van der Waals surface area contributed by atoms with Crippen molar-refractivity contribution in [2.75, 3.05) is 34.0 Å². The summed E-state index contributed by atoms with van der Waals surface area (Å²) in [4.78, 5) is 10.1. The van der Waals surface area contributed by atoms with E-state index in [9.17, 15) is 47.3 Å². The summed E-state index contributed by atoms with van der Waals surface area (Å²) >= 11 is 0. The highest BCUT2D eigenvalue weighted by molar-refractivity contribution is 7.86. The van der Waals surface area contributed by atoms with Gasteiger partial charge in [0.15, 0.2) is 0 Å². The number of aromatic nitrogens is 3. The summed E-state index contributed by atoms with van der Waals surface area (Å²) in [6, 6.07) is 11.1. The van der Waals surface area contributed by atoms with Gasteiger partial charge in [-0.2, -0.15) is 48.6 Å². The summed E-state index contributed by atoms with van der Waals surface area (Å²) in [6.45, 7) is 8.55. The molecule has 0 bridgehead atoms. The molecule has 0 radical (unpaired) electrons. The zero-order valence-corrected chi connectivity index (χ0v) is 33.6. The second kappa shape index (κ2) is 14.9. The van der Waals surface area contributed by atoms with Crippen molar-refractivity contribution in [3.05, 3.63) is 92.9 Å². The number of nitrogen functional groups attached to an aromatic ring is 1. The number of rotatable bonds is 12. The van der Waals surface area contributed by atoms with E-state index in [0.29, 0.717) is 28.1 Å². The lowest BCUT2D eigenvalue weighted by Crippen LogP contribution is -2.25. The van der Waals surface area contributed by atoms with Gasteiger partial charge in [0, 0.05) is 45.9 Å². The lowest BCUT2D eigenvalue weighted by Gasteiger charge is -2.25. The van der Waals surface area contributed by atoms with Crippen LogP contribution in [0.3, 0.4) is 0 Å². The van der Waals surface area contributed by atoms with Crippen molar-refractivity contribution < 1.29 is 56.6 Å². The van der Waals surface area contributed by atoms with E-state index in [-0.39, 0.29) is 68.7 Å². The number of nitrogens with two attached hydrogens (primary N) is 1. The van der Waals surface area contributed by atoms with E-state index in [1.807, 2.05) is 0 Å². The molecule has 20 nitrogen and oxygen atoms in total. The van der Waals surface area contributed by atoms with E-state index in [1.54, 1.807) is 26.8 Å². The van der Waals surface area contributed by atoms with Gasteiger partial charge in [-0.3, -0.25) is 18.2 Å². The predicted molar refractivity (Wildman–Crippen MR) is 212 cm³/mol. The SMILES string of the molecule is C=c1cc2c(cc1S(=O)(=O)O)=C(c1ccccc1S(=O)(=O)O)c1cc(S(=O)(=O)O)c(Nc3c(C)cc(C)c(Nc4nc(N)nc(NCCS(=O)(=O)O)n4)c3C)cc1O2. The van der Waals surface area contributed by atoms with E-state index in [4.69, 9.17) is 15.0 Å². The first-order chi connectivity index (χ1) is 26.8. The van der Waals surface area contributed by atoms with Crippen LogP contribution in [-0.2, 0) is 40.5 Å². The first-order valence-electron chi connectivity index (χ1n) is 16.4. The Bertz CT molecular complexity index is 3140. The summed E-state index contributed by atoms with van der Waals surface area (Å²) in [7, 11) is -19.3. The third kappa shape index (κ3) is 8.72. The van der Waals surface area contributed by atoms with Gasteiger partial charge in [-0.25, -0.2) is 0 Å². The zero-order chi connectivity index (χ0) is 42.7. The van der Waals surface area contributed by atoms with Crippen LogP contribution < -0.4 is 36.9 Å². The minimum atomic E-state index is -5.13. The number of fused-ring (bicyclic) bond motifs is 2. The fourth-order valence-electron chi connectivity index (χ4n) is 6.36. The standard InChI is InChI=1S/C34H33N7O13S4/c1-16-12-24-21(13-27(16)57(48,49)50)29(20-7-5-6-8-26(20)56(45,46)47)22-14-28(58(51,52)53)23(15-25(22)54-24)37-30-17(2)11-18(3)31(19(30)4)38-34-40-32(35)39-33(41-34)36-9-10-55(42,43)44/h5-8,11-15,37H,1,9-10H2,2-4H3,(H,42,43,44)(H,45,46,47)(H,48,49,50)(H,51,52,53)(H4,35,36,38,39,40,41). The lowest BCUT2D eigenvalue weighted by atomic mass is 9.92. The zero-order valence-electron chi connectivity index (χ0n) is 30.3. The molecule has 1 aliphatic rings. The summed E-state index contributed by atoms with van der Waals surface area (Å²) < 4.78 is 144. The number of aryl methyl sites for hydroxylation is 2. The number of hydrogen-bond acceptors (Lipinski definition) is 16. The Morgan fingerprint density at radius 1 is 0.690 bits per heavy atom. The largest absolute Gasteiger partial charge is 0.456 e. The van der Waals surface area contributed by atoms with Crippen molar-refractivity contribution in [1.29, 1.82) is 0 Å². The van der Waals surface area contributed by atoms with Gasteiger partial charge >= 0.3 is 0 Å². The minimum absolute atomic E-state index is 0.0718. The Morgan fingerprint density at radius 2 is 1.29 bits per heavy atom. The van der Waals surface area contributed by atoms with Gasteiger partial charge < -0.3 is 26.4 Å². The van der Waals surface area contributed by atoms with Crippen molar-refractivity contribution in [1.82, 2.24) is 15.0 Å². The Kier molecular flexibility index (Phi) is 10.8. The molecule has 6 rings (SSSR count). The number of ether oxygens (including phenoxy) is 1. The molecule has 0 spiro atoms. The maximum absolute atomic E-state index is 13.1. The van der Waals surface area contributed by atoms with Gasteiger partial charge in [0.25, 0.3) is 40.5 Å². The topological polar surface area (TPSA) is 327 Å². The Morgan fingerprint density at radius 3 is 1.91 bits per heavy atom. The van der Waals surface area contributed by atoms with Gasteiger partial charge in [0.1, 0.15) is 26.2 Å². The van der Waals surface area contributed by atoms with Crippen molar-refractivity contribution in [3.63, 3.8) is 0 Å². The first-order valence-corrected chi connectivity index (χ1v) is 22.4. The molecule has 24 heteroatoms. The molecule has 0 saturated carbocycles. The van der Waals surface area contributed by atoms with Gasteiger partial charge in [-0.1, -0.05) is 30.8 Å². The van der Waals surface area contributed by atoms with Gasteiger partial charge in [0.2, 0.25) is 17.8 Å². The second-order valence-corrected chi connectivity index (χ2v) is 18.6. The van der Waals surface area contributed by atoms with Crippen LogP contribution in [0.4, 0.5) is 34.9 Å². The van der Waals surface area contributed by atoms with Crippen LogP contribution in [0.25, 0.3) is 12.2 Å². The smallest absolute Gasteiger partial charge is 0.296 e. The monoisotopic (exact) mass is 875 g/mol. The van der Waals surface area contributed by atoms with Crippen LogP contribution in [-0.4, -0.2) is 79.1 Å². The molecular formula is C34H33N7O13S4. The lowest BCUT2D eigenvalue weighted by molar-refractivity contribution is 0.466. The van der Waals surface area contributed by atoms with Crippen molar-refractivity contribution in [3.8, 4) is 11.5 Å². The van der Waals surface area contributed by atoms with Gasteiger partial charge in [-0.15, -0.1) is 0 Å². The van der Waals surface area contributed by atoms with Crippen molar-refractivity contribution in [2.24, 2.45) is 0 Å². The van der Waals surface area contributed by atoms with Crippen LogP contribution in [0, 0.1) is 20.8 Å². The molecule has 9 N–H and O–H groups in total. The van der Waals surface area contributed by atoms with E-state index in [0.717, 1.165) is 24.3 Å². The van der Waals surface area contributed by atoms with Gasteiger partial charge in [0.05, 0.1) is 11.4 Å². The average Bonchev–Trinajstić information content (AvgIpc) is 3.08. The van der Waals surface area contributed by atoms with E-state index >= 15 is 0 Å². The normalized spacial score (nSPS) is 13.0. The first kappa shape index (κ1) is 41.9. The summed E-state index contributed by atoms with van der Waals surface area (Å²) in [6.07, 6.45) is 0. The van der Waals surface area contributed by atoms with Crippen molar-refractivity contribution >= 4 is 87.5 Å². The van der Waals surface area contributed by atoms with Crippen molar-refractivity contribution in [2.45, 2.75) is 35.5 Å². The molecule has 4 aromatic carbocycles. The summed E-state index contributed by atoms with van der Waals surface area (Å²) in [5.74, 6) is -1.26. The molecule has 5 aromatic rings. The molecule has 58 heavy (non-hydrogen) atoms. The number of nitrogens with one attached hydrogen (secondary N) is 3. The molecule has 0 unspecified atom stereocenters. The fourth-order valence-corrected chi connectivity index (χ4v) is 8.73. The molecule has 0 fully saturated rings. The van der Waals surface area contributed by atoms with E-state index < -0.39 is 60.9 Å². The predicted octanol–water partition coefficient (Wildman–Crippen LogP) is 2.67. The second-order valence-electron chi connectivity index (χ2n) is 12.9. The number of benzene rings is 4. The van der Waals surface area contributed by atoms with Crippen LogP contribution in [0.2, 0.25) is 0 Å². The van der Waals surface area contributed by atoms with Crippen LogP contribution in [0.15, 0.2) is 69.3 Å². The highest BCUT2D eigenvalue weighted by Crippen LogP contribution is 2.44. The molecular weight excluding hydrogens is 843 g/mol. The number of nitrogens with zero attached hydrogens (tertiary/aromatic N) is 3. The summed E-state index contributed by atoms with van der Waals surface area (Å²) in [5, 5.41) is 8.35. The fraction of sp³-hybridized carbons (Fsp3) is 0.147. The van der Waals surface area contributed by atoms with E-state index in [1.165, 1.54) is 24.3 Å². The highest BCUT2D eigenvalue weighted by Gasteiger charge is 2.30. The maximum Gasteiger partial charge on any atom is 0.296 e. The highest BCUT2D eigenvalue weighted by atomic mass is 32.2. The molecule has 306 valence electrons. The Labute approximate surface area is 331 Å². The molecule has 1 aromatic heterocycles. The van der Waals surface area contributed by atoms with Gasteiger partial charge in [-0.05, 0) is 66.9 Å². The molecule has 0 saturated heterocycles. The van der Waals surface area contributed by atoms with Crippen LogP contribution in [0.1, 0.15) is 27.8 Å². The quantitative estimate of drug-likeness (QED) is 0.0819. The molecule has 1 aliphatic heterocycles. The van der Waals surface area contributed by atoms with Crippen LogP contribution >= 0.6 is 0 Å². The maximum atomic E-state index is 13.1. The molecule has 0 aliphatic carbocycles. The van der Waals surface area contributed by atoms with Crippen LogP contribution in [0.5, 0.6) is 11.5 Å². The van der Waals surface area contributed by atoms with E-state index in [2.05, 4.69) is 37.5 Å². The summed E-state index contributed by atoms with van der Waals surface area (Å²) in [5.41, 5.74) is 7.55. The number of hydrogen-bond donors (Lipinski definition) is 8. The Balaban J connectivity index is 1.53. The molecule has 0 atom stereocenters. The third-order valence-electron chi connectivity index (χ3n) is 8.76. The minimum Gasteiger partial charge on any atom is -0.456 e. The number of anilines is 6. The Hall–Kier alpha value is -5.73. The average molecular weight is 876 g/mol. The third-order valence-corrected chi connectivity index (χ3v) is 12.2. The molecule has 0 amide bonds.